The Kier molecular flexibility index (Phi) is 6.69. The van der Waals surface area contributed by atoms with Gasteiger partial charge in [0.25, 0.3) is 0 Å². The second-order valence-corrected chi connectivity index (χ2v) is 9.23. The Morgan fingerprint density at radius 1 is 1.37 bits per heavy atom. The molecule has 2 aromatic heterocycles. The van der Waals surface area contributed by atoms with Crippen molar-refractivity contribution in [2.45, 2.75) is 31.7 Å². The fourth-order valence-corrected chi connectivity index (χ4v) is 5.42. The summed E-state index contributed by atoms with van der Waals surface area (Å²) < 4.78 is 6.52. The van der Waals surface area contributed by atoms with E-state index < -0.39 is 0 Å². The van der Waals surface area contributed by atoms with Crippen LogP contribution in [0.15, 0.2) is 35.6 Å². The molecule has 1 unspecified atom stereocenters. The first-order chi connectivity index (χ1) is 14.6. The van der Waals surface area contributed by atoms with Crippen LogP contribution in [0, 0.1) is 5.92 Å². The summed E-state index contributed by atoms with van der Waals surface area (Å²) in [5.74, 6) is 1.49. The number of para-hydroxylation sites is 2. The molecule has 30 heavy (non-hydrogen) atoms. The van der Waals surface area contributed by atoms with Crippen LogP contribution < -0.4 is 15.0 Å². The molecular formula is C21H25N5O2S2. The topological polar surface area (TPSA) is 80.2 Å². The van der Waals surface area contributed by atoms with E-state index in [9.17, 15) is 4.79 Å². The number of amides is 1. The van der Waals surface area contributed by atoms with Gasteiger partial charge in [-0.1, -0.05) is 42.2 Å². The van der Waals surface area contributed by atoms with E-state index in [1.54, 1.807) is 11.3 Å². The second kappa shape index (κ2) is 9.61. The molecule has 0 radical (unpaired) electrons. The van der Waals surface area contributed by atoms with Crippen LogP contribution in [0.3, 0.4) is 0 Å². The molecule has 1 amide bonds. The van der Waals surface area contributed by atoms with Gasteiger partial charge in [-0.25, -0.2) is 9.97 Å². The van der Waals surface area contributed by atoms with E-state index in [4.69, 9.17) is 9.72 Å². The number of hydrogen-bond donors (Lipinski definition) is 1. The monoisotopic (exact) mass is 443 g/mol. The molecule has 0 spiro atoms. The number of carbonyl (C=O) groups is 1. The molecule has 1 fully saturated rings. The van der Waals surface area contributed by atoms with Crippen molar-refractivity contribution in [1.29, 1.82) is 0 Å². The fourth-order valence-electron chi connectivity index (χ4n) is 3.50. The van der Waals surface area contributed by atoms with Gasteiger partial charge in [-0.3, -0.25) is 4.79 Å². The number of nitrogens with one attached hydrogen (secondary N) is 1. The molecule has 158 valence electrons. The molecule has 0 saturated carbocycles. The maximum Gasteiger partial charge on any atom is 0.234 e. The highest BCUT2D eigenvalue weighted by molar-refractivity contribution is 8.00. The third-order valence-electron chi connectivity index (χ3n) is 4.88. The molecule has 1 aliphatic rings. The van der Waals surface area contributed by atoms with Crippen LogP contribution in [0.1, 0.15) is 26.7 Å². The number of carbonyl (C=O) groups excluding carboxylic acids is 1. The number of nitrogens with zero attached hydrogens (tertiary/aromatic N) is 4. The normalized spacial score (nSPS) is 16.6. The van der Waals surface area contributed by atoms with E-state index in [0.29, 0.717) is 29.6 Å². The first kappa shape index (κ1) is 20.9. The highest BCUT2D eigenvalue weighted by atomic mass is 32.2. The number of anilines is 2. The van der Waals surface area contributed by atoms with Crippen LogP contribution in [0.4, 0.5) is 10.8 Å². The molecule has 9 heteroatoms. The molecule has 1 atom stereocenters. The van der Waals surface area contributed by atoms with Crippen molar-refractivity contribution in [1.82, 2.24) is 15.0 Å². The number of ether oxygens (including phenoxy) is 1. The minimum absolute atomic E-state index is 0.103. The van der Waals surface area contributed by atoms with Gasteiger partial charge < -0.3 is 15.0 Å². The highest BCUT2D eigenvalue weighted by Gasteiger charge is 2.21. The maximum atomic E-state index is 12.5. The SMILES string of the molecule is CCOc1ccccc1NC(=O)CSc1ncnc2nc(N3CCCC(C)C3)sc12. The first-order valence-corrected chi connectivity index (χ1v) is 11.9. The standard InChI is InChI=1S/C21H25N5O2S2/c1-3-28-16-9-5-4-8-15(16)24-17(27)12-29-20-18-19(22-13-23-20)25-21(30-18)26-10-6-7-14(2)11-26/h4-5,8-9,13-14H,3,6-7,10-12H2,1-2H3,(H,24,27). The summed E-state index contributed by atoms with van der Waals surface area (Å²) in [7, 11) is 0. The Balaban J connectivity index is 1.44. The lowest BCUT2D eigenvalue weighted by Crippen LogP contribution is -2.34. The first-order valence-electron chi connectivity index (χ1n) is 10.1. The number of hydrogen-bond acceptors (Lipinski definition) is 8. The molecule has 1 aliphatic heterocycles. The average Bonchev–Trinajstić information content (AvgIpc) is 3.19. The Morgan fingerprint density at radius 2 is 2.23 bits per heavy atom. The minimum Gasteiger partial charge on any atom is -0.492 e. The third kappa shape index (κ3) is 4.84. The molecule has 0 aliphatic carbocycles. The van der Waals surface area contributed by atoms with Gasteiger partial charge in [0.15, 0.2) is 10.8 Å². The smallest absolute Gasteiger partial charge is 0.234 e. The number of fused-ring (bicyclic) bond motifs is 1. The van der Waals surface area contributed by atoms with Gasteiger partial charge in [-0.05, 0) is 37.8 Å². The molecule has 1 N–H and O–H groups in total. The van der Waals surface area contributed by atoms with E-state index in [1.165, 1.54) is 30.9 Å². The van der Waals surface area contributed by atoms with Crippen molar-refractivity contribution in [3.05, 3.63) is 30.6 Å². The molecule has 1 aromatic carbocycles. The molecular weight excluding hydrogens is 418 g/mol. The van der Waals surface area contributed by atoms with Crippen molar-refractivity contribution in [2.75, 3.05) is 35.7 Å². The lowest BCUT2D eigenvalue weighted by molar-refractivity contribution is -0.113. The summed E-state index contributed by atoms with van der Waals surface area (Å²) in [6.45, 7) is 6.80. The Morgan fingerprint density at radius 3 is 3.07 bits per heavy atom. The lowest BCUT2D eigenvalue weighted by Gasteiger charge is -2.30. The van der Waals surface area contributed by atoms with Crippen LogP contribution in [-0.4, -0.2) is 46.3 Å². The number of rotatable bonds is 7. The fraction of sp³-hybridized carbons (Fsp3) is 0.429. The maximum absolute atomic E-state index is 12.5. The summed E-state index contributed by atoms with van der Waals surface area (Å²) in [6.07, 6.45) is 3.98. The predicted molar refractivity (Wildman–Crippen MR) is 123 cm³/mol. The van der Waals surface area contributed by atoms with Crippen molar-refractivity contribution in [3.8, 4) is 5.75 Å². The van der Waals surface area contributed by atoms with Gasteiger partial charge in [0.2, 0.25) is 5.91 Å². The molecule has 0 bridgehead atoms. The summed E-state index contributed by atoms with van der Waals surface area (Å²) in [5.41, 5.74) is 1.38. The number of aromatic nitrogens is 3. The van der Waals surface area contributed by atoms with E-state index in [0.717, 1.165) is 27.9 Å². The zero-order valence-corrected chi connectivity index (χ0v) is 18.8. The van der Waals surface area contributed by atoms with E-state index in [1.807, 2.05) is 31.2 Å². The Bertz CT molecular complexity index is 1030. The highest BCUT2D eigenvalue weighted by Crippen LogP contribution is 2.35. The third-order valence-corrected chi connectivity index (χ3v) is 7.11. The van der Waals surface area contributed by atoms with Crippen molar-refractivity contribution in [2.24, 2.45) is 5.92 Å². The average molecular weight is 444 g/mol. The lowest BCUT2D eigenvalue weighted by atomic mass is 10.0. The molecule has 3 heterocycles. The summed E-state index contributed by atoms with van der Waals surface area (Å²) in [4.78, 5) is 28.3. The zero-order chi connectivity index (χ0) is 20.9. The number of thiazole rings is 1. The second-order valence-electron chi connectivity index (χ2n) is 7.29. The van der Waals surface area contributed by atoms with Crippen molar-refractivity contribution in [3.63, 3.8) is 0 Å². The van der Waals surface area contributed by atoms with E-state index >= 15 is 0 Å². The van der Waals surface area contributed by atoms with Crippen molar-refractivity contribution < 1.29 is 9.53 Å². The van der Waals surface area contributed by atoms with Gasteiger partial charge in [-0.15, -0.1) is 0 Å². The zero-order valence-electron chi connectivity index (χ0n) is 17.1. The minimum atomic E-state index is -0.103. The number of piperidine rings is 1. The van der Waals surface area contributed by atoms with Gasteiger partial charge >= 0.3 is 0 Å². The molecule has 1 saturated heterocycles. The predicted octanol–water partition coefficient (Wildman–Crippen LogP) is 4.45. The summed E-state index contributed by atoms with van der Waals surface area (Å²) in [5, 5.41) is 4.71. The van der Waals surface area contributed by atoms with Crippen LogP contribution in [0.2, 0.25) is 0 Å². The van der Waals surface area contributed by atoms with Crippen molar-refractivity contribution >= 4 is 50.2 Å². The summed E-state index contributed by atoms with van der Waals surface area (Å²) >= 11 is 3.02. The molecule has 3 aromatic rings. The molecule has 4 rings (SSSR count). The largest absolute Gasteiger partial charge is 0.492 e. The summed E-state index contributed by atoms with van der Waals surface area (Å²) in [6, 6.07) is 7.45. The van der Waals surface area contributed by atoms with Crippen LogP contribution in [0.5, 0.6) is 5.75 Å². The Labute approximate surface area is 184 Å². The van der Waals surface area contributed by atoms with Crippen LogP contribution in [-0.2, 0) is 4.79 Å². The number of thioether (sulfide) groups is 1. The molecule has 7 nitrogen and oxygen atoms in total. The Hall–Kier alpha value is -2.39. The van der Waals surface area contributed by atoms with Crippen LogP contribution >= 0.6 is 23.1 Å². The van der Waals surface area contributed by atoms with E-state index in [2.05, 4.69) is 27.1 Å². The van der Waals surface area contributed by atoms with Gasteiger partial charge in [-0.2, -0.15) is 4.98 Å². The van der Waals surface area contributed by atoms with E-state index in [-0.39, 0.29) is 11.7 Å². The van der Waals surface area contributed by atoms with Gasteiger partial charge in [0.1, 0.15) is 21.8 Å². The van der Waals surface area contributed by atoms with Gasteiger partial charge in [0.05, 0.1) is 18.0 Å². The van der Waals surface area contributed by atoms with Gasteiger partial charge in [0, 0.05) is 13.1 Å². The van der Waals surface area contributed by atoms with Crippen LogP contribution in [0.25, 0.3) is 10.3 Å². The number of benzene rings is 1. The quantitative estimate of drug-likeness (QED) is 0.427.